The predicted molar refractivity (Wildman–Crippen MR) is 157 cm³/mol. The molecule has 0 saturated carbocycles. The summed E-state index contributed by atoms with van der Waals surface area (Å²) in [4.78, 5) is 17.1. The van der Waals surface area contributed by atoms with Crippen LogP contribution in [0.2, 0.25) is 0 Å². The number of nitrogens with zero attached hydrogens (tertiary/aromatic N) is 2. The van der Waals surface area contributed by atoms with Crippen LogP contribution in [0.3, 0.4) is 0 Å². The Morgan fingerprint density at radius 1 is 0.897 bits per heavy atom. The van der Waals surface area contributed by atoms with Crippen molar-refractivity contribution < 1.29 is 9.53 Å². The quantitative estimate of drug-likeness (QED) is 0.270. The fourth-order valence-electron chi connectivity index (χ4n) is 5.82. The number of anilines is 1. The SMILES string of the molecule is NC(=O)c1ccc(-n2c3ccccc3c3c(-c4cnc5ccccc5c4)cccc32)cc1NC1CCOCC1. The minimum absolute atomic E-state index is 0.234. The monoisotopic (exact) mass is 512 g/mol. The molecule has 1 saturated heterocycles. The van der Waals surface area contributed by atoms with Crippen LogP contribution in [-0.2, 0) is 4.74 Å². The lowest BCUT2D eigenvalue weighted by Gasteiger charge is -2.25. The van der Waals surface area contributed by atoms with E-state index in [0.29, 0.717) is 18.8 Å². The van der Waals surface area contributed by atoms with Crippen LogP contribution in [0.4, 0.5) is 5.69 Å². The maximum Gasteiger partial charge on any atom is 0.250 e. The zero-order valence-electron chi connectivity index (χ0n) is 21.4. The lowest BCUT2D eigenvalue weighted by atomic mass is 9.99. The van der Waals surface area contributed by atoms with E-state index in [4.69, 9.17) is 15.5 Å². The Bertz CT molecular complexity index is 1870. The smallest absolute Gasteiger partial charge is 0.250 e. The van der Waals surface area contributed by atoms with Crippen molar-refractivity contribution in [2.45, 2.75) is 18.9 Å². The number of carbonyl (C=O) groups excluding carboxylic acids is 1. The Morgan fingerprint density at radius 2 is 1.69 bits per heavy atom. The Kier molecular flexibility index (Phi) is 5.75. The van der Waals surface area contributed by atoms with Crippen molar-refractivity contribution in [3.05, 3.63) is 103 Å². The second kappa shape index (κ2) is 9.57. The van der Waals surface area contributed by atoms with Crippen LogP contribution in [0.25, 0.3) is 49.5 Å². The van der Waals surface area contributed by atoms with Crippen LogP contribution in [0.15, 0.2) is 97.2 Å². The van der Waals surface area contributed by atoms with E-state index in [1.807, 2.05) is 42.6 Å². The van der Waals surface area contributed by atoms with Gasteiger partial charge in [0, 0.05) is 58.5 Å². The summed E-state index contributed by atoms with van der Waals surface area (Å²) in [5.41, 5.74) is 13.4. The lowest BCUT2D eigenvalue weighted by molar-refractivity contribution is 0.0904. The number of primary amides is 1. The molecule has 2 aromatic heterocycles. The van der Waals surface area contributed by atoms with E-state index in [2.05, 4.69) is 64.5 Å². The summed E-state index contributed by atoms with van der Waals surface area (Å²) in [5, 5.41) is 7.02. The number of nitrogens with one attached hydrogen (secondary N) is 1. The molecule has 6 heteroatoms. The third-order valence-electron chi connectivity index (χ3n) is 7.71. The molecular formula is C33H28N4O2. The molecule has 0 unspecified atom stereocenters. The van der Waals surface area contributed by atoms with Crippen LogP contribution in [0, 0.1) is 0 Å². The van der Waals surface area contributed by atoms with Crippen molar-refractivity contribution in [2.75, 3.05) is 18.5 Å². The summed E-state index contributed by atoms with van der Waals surface area (Å²) < 4.78 is 7.79. The molecule has 3 heterocycles. The van der Waals surface area contributed by atoms with Gasteiger partial charge in [0.05, 0.1) is 22.1 Å². The first-order chi connectivity index (χ1) is 19.2. The summed E-state index contributed by atoms with van der Waals surface area (Å²) in [5.74, 6) is -0.440. The second-order valence-corrected chi connectivity index (χ2v) is 10.1. The maximum atomic E-state index is 12.3. The number of hydrogen-bond acceptors (Lipinski definition) is 4. The molecule has 0 atom stereocenters. The van der Waals surface area contributed by atoms with Crippen LogP contribution >= 0.6 is 0 Å². The van der Waals surface area contributed by atoms with Crippen LogP contribution < -0.4 is 11.1 Å². The second-order valence-electron chi connectivity index (χ2n) is 10.1. The van der Waals surface area contributed by atoms with Crippen molar-refractivity contribution in [1.82, 2.24) is 9.55 Å². The van der Waals surface area contributed by atoms with Gasteiger partial charge < -0.3 is 20.4 Å². The van der Waals surface area contributed by atoms with Gasteiger partial charge in [-0.3, -0.25) is 9.78 Å². The Balaban J connectivity index is 1.44. The first kappa shape index (κ1) is 23.4. The third kappa shape index (κ3) is 4.10. The predicted octanol–water partition coefficient (Wildman–Crippen LogP) is 6.69. The molecule has 3 N–H and O–H groups in total. The van der Waals surface area contributed by atoms with Gasteiger partial charge in [0.2, 0.25) is 0 Å². The van der Waals surface area contributed by atoms with Gasteiger partial charge in [0.15, 0.2) is 0 Å². The molecule has 0 spiro atoms. The summed E-state index contributed by atoms with van der Waals surface area (Å²) in [6.07, 6.45) is 3.74. The van der Waals surface area contributed by atoms with Gasteiger partial charge >= 0.3 is 0 Å². The first-order valence-electron chi connectivity index (χ1n) is 13.3. The van der Waals surface area contributed by atoms with Crippen LogP contribution in [0.5, 0.6) is 0 Å². The van der Waals surface area contributed by atoms with Crippen molar-refractivity contribution in [1.29, 1.82) is 0 Å². The number of nitrogens with two attached hydrogens (primary N) is 1. The standard InChI is InChI=1S/C33H28N4O2/c34-33(38)26-13-12-24(19-29(26)36-23-14-16-39-17-15-23)37-30-10-4-2-7-27(30)32-25(8-5-11-31(32)37)22-18-21-6-1-3-9-28(21)35-20-22/h1-13,18-20,23,36H,14-17H2,(H2,34,38). The largest absolute Gasteiger partial charge is 0.381 e. The number of hydrogen-bond donors (Lipinski definition) is 2. The van der Waals surface area contributed by atoms with Crippen molar-refractivity contribution in [2.24, 2.45) is 5.73 Å². The van der Waals surface area contributed by atoms with Gasteiger partial charge in [0.1, 0.15) is 0 Å². The molecule has 0 bridgehead atoms. The summed E-state index contributed by atoms with van der Waals surface area (Å²) in [6.45, 7) is 1.42. The van der Waals surface area contributed by atoms with Crippen LogP contribution in [0.1, 0.15) is 23.2 Å². The molecule has 7 rings (SSSR count). The molecular weight excluding hydrogens is 484 g/mol. The van der Waals surface area contributed by atoms with E-state index in [0.717, 1.165) is 62.7 Å². The average Bonchev–Trinajstić information content (AvgIpc) is 3.32. The molecule has 4 aromatic carbocycles. The third-order valence-corrected chi connectivity index (χ3v) is 7.71. The van der Waals surface area contributed by atoms with Gasteiger partial charge in [-0.25, -0.2) is 0 Å². The van der Waals surface area contributed by atoms with E-state index in [1.54, 1.807) is 0 Å². The Labute approximate surface area is 226 Å². The molecule has 192 valence electrons. The molecule has 1 aliphatic heterocycles. The Hall–Kier alpha value is -4.68. The molecule has 1 amide bonds. The lowest BCUT2D eigenvalue weighted by Crippen LogP contribution is -2.29. The molecule has 39 heavy (non-hydrogen) atoms. The zero-order valence-corrected chi connectivity index (χ0v) is 21.4. The minimum Gasteiger partial charge on any atom is -0.381 e. The average molecular weight is 513 g/mol. The van der Waals surface area contributed by atoms with E-state index in [1.165, 1.54) is 5.39 Å². The van der Waals surface area contributed by atoms with Gasteiger partial charge in [-0.1, -0.05) is 48.5 Å². The zero-order chi connectivity index (χ0) is 26.3. The highest BCUT2D eigenvalue weighted by Gasteiger charge is 2.20. The number of amides is 1. The fourth-order valence-corrected chi connectivity index (χ4v) is 5.82. The summed E-state index contributed by atoms with van der Waals surface area (Å²) in [6, 6.07) is 31.4. The fraction of sp³-hybridized carbons (Fsp3) is 0.152. The number of aromatic nitrogens is 2. The molecule has 6 nitrogen and oxygen atoms in total. The number of carbonyl (C=O) groups is 1. The summed E-state index contributed by atoms with van der Waals surface area (Å²) >= 11 is 0. The first-order valence-corrected chi connectivity index (χ1v) is 13.3. The van der Waals surface area contributed by atoms with E-state index in [-0.39, 0.29) is 6.04 Å². The van der Waals surface area contributed by atoms with E-state index < -0.39 is 5.91 Å². The molecule has 1 aliphatic rings. The highest BCUT2D eigenvalue weighted by Crippen LogP contribution is 2.39. The molecule has 0 aliphatic carbocycles. The number of ether oxygens (including phenoxy) is 1. The molecule has 0 radical (unpaired) electrons. The highest BCUT2D eigenvalue weighted by atomic mass is 16.5. The van der Waals surface area contributed by atoms with Gasteiger partial charge in [-0.15, -0.1) is 0 Å². The molecule has 1 fully saturated rings. The van der Waals surface area contributed by atoms with Gasteiger partial charge in [0.25, 0.3) is 5.91 Å². The molecule has 6 aromatic rings. The van der Waals surface area contributed by atoms with E-state index in [9.17, 15) is 4.79 Å². The number of para-hydroxylation sites is 2. The van der Waals surface area contributed by atoms with Crippen molar-refractivity contribution >= 4 is 44.3 Å². The highest BCUT2D eigenvalue weighted by molar-refractivity contribution is 6.16. The number of benzene rings is 4. The van der Waals surface area contributed by atoms with E-state index >= 15 is 0 Å². The summed E-state index contributed by atoms with van der Waals surface area (Å²) in [7, 11) is 0. The van der Waals surface area contributed by atoms with Crippen molar-refractivity contribution in [3.63, 3.8) is 0 Å². The number of fused-ring (bicyclic) bond motifs is 4. The number of rotatable bonds is 5. The number of pyridine rings is 1. The van der Waals surface area contributed by atoms with Gasteiger partial charge in [-0.2, -0.15) is 0 Å². The Morgan fingerprint density at radius 3 is 2.56 bits per heavy atom. The maximum absolute atomic E-state index is 12.3. The normalized spacial score (nSPS) is 14.3. The van der Waals surface area contributed by atoms with Crippen molar-refractivity contribution in [3.8, 4) is 16.8 Å². The van der Waals surface area contributed by atoms with Crippen LogP contribution in [-0.4, -0.2) is 34.7 Å². The minimum atomic E-state index is -0.440. The topological polar surface area (TPSA) is 82.2 Å². The van der Waals surface area contributed by atoms with Gasteiger partial charge in [-0.05, 0) is 60.9 Å².